The molecular weight excluding hydrogens is 450 g/mol. The summed E-state index contributed by atoms with van der Waals surface area (Å²) in [5.74, 6) is -1.59. The Morgan fingerprint density at radius 2 is 1.65 bits per heavy atom. The number of carbonyl (C=O) groups is 1. The summed E-state index contributed by atoms with van der Waals surface area (Å²) in [6.07, 6.45) is -8.66. The Bertz CT molecular complexity index is 1070. The minimum atomic E-state index is -5.03. The van der Waals surface area contributed by atoms with Gasteiger partial charge in [-0.25, -0.2) is 9.67 Å². The summed E-state index contributed by atoms with van der Waals surface area (Å²) in [7, 11) is 0. The highest BCUT2D eigenvalue weighted by molar-refractivity contribution is 6.30. The van der Waals surface area contributed by atoms with Gasteiger partial charge in [0.1, 0.15) is 0 Å². The maximum Gasteiger partial charge on any atom is 0.434 e. The average Bonchev–Trinajstić information content (AvgIpc) is 3.14. The molecule has 1 atom stereocenters. The highest BCUT2D eigenvalue weighted by atomic mass is 35.5. The van der Waals surface area contributed by atoms with Crippen molar-refractivity contribution in [3.63, 3.8) is 0 Å². The van der Waals surface area contributed by atoms with Crippen LogP contribution in [0.15, 0.2) is 48.8 Å². The second kappa shape index (κ2) is 8.22. The van der Waals surface area contributed by atoms with Crippen LogP contribution in [0.4, 0.5) is 26.3 Å². The number of nitrogens with zero attached hydrogens (tertiary/aromatic N) is 3. The van der Waals surface area contributed by atoms with Crippen LogP contribution in [0.5, 0.6) is 0 Å². The van der Waals surface area contributed by atoms with Gasteiger partial charge in [0.15, 0.2) is 11.5 Å². The second-order valence-corrected chi connectivity index (χ2v) is 6.90. The number of hydrogen-bond acceptors (Lipinski definition) is 3. The summed E-state index contributed by atoms with van der Waals surface area (Å²) in [4.78, 5) is 15.9. The summed E-state index contributed by atoms with van der Waals surface area (Å²) >= 11 is 5.79. The first-order valence-electron chi connectivity index (χ1n) is 8.63. The van der Waals surface area contributed by atoms with Gasteiger partial charge >= 0.3 is 12.4 Å². The molecule has 0 fully saturated rings. The molecule has 0 bridgehead atoms. The average molecular weight is 463 g/mol. The standard InChI is InChI=1S/C19H13ClF6N4O/c1-10(11-2-5-13(20)6-3-11)29-17(31)14-9-28-30(16(14)19(24,25)26)15-7-4-12(8-27-15)18(21,22)23/h2-10H,1H3,(H,29,31). The van der Waals surface area contributed by atoms with Gasteiger partial charge in [0.2, 0.25) is 0 Å². The van der Waals surface area contributed by atoms with E-state index in [1.807, 2.05) is 0 Å². The molecule has 12 heteroatoms. The highest BCUT2D eigenvalue weighted by Crippen LogP contribution is 2.34. The Balaban J connectivity index is 1.94. The van der Waals surface area contributed by atoms with Crippen molar-refractivity contribution < 1.29 is 31.1 Å². The van der Waals surface area contributed by atoms with E-state index in [1.54, 1.807) is 31.2 Å². The molecule has 0 spiro atoms. The number of benzene rings is 1. The highest BCUT2D eigenvalue weighted by Gasteiger charge is 2.41. The third-order valence-electron chi connectivity index (χ3n) is 4.29. The molecule has 0 saturated carbocycles. The molecule has 2 aromatic heterocycles. The Labute approximate surface area is 176 Å². The van der Waals surface area contributed by atoms with E-state index < -0.39 is 46.9 Å². The van der Waals surface area contributed by atoms with Crippen molar-refractivity contribution in [1.29, 1.82) is 0 Å². The van der Waals surface area contributed by atoms with Gasteiger partial charge < -0.3 is 5.32 Å². The van der Waals surface area contributed by atoms with E-state index >= 15 is 0 Å². The van der Waals surface area contributed by atoms with Gasteiger partial charge in [-0.3, -0.25) is 4.79 Å². The third kappa shape index (κ3) is 4.98. The van der Waals surface area contributed by atoms with Gasteiger partial charge in [-0.15, -0.1) is 0 Å². The Kier molecular flexibility index (Phi) is 5.99. The van der Waals surface area contributed by atoms with Crippen molar-refractivity contribution in [3.8, 4) is 5.82 Å². The lowest BCUT2D eigenvalue weighted by atomic mass is 10.1. The van der Waals surface area contributed by atoms with Crippen LogP contribution < -0.4 is 5.32 Å². The van der Waals surface area contributed by atoms with Gasteiger partial charge in [-0.1, -0.05) is 23.7 Å². The van der Waals surface area contributed by atoms with Gasteiger partial charge in [-0.2, -0.15) is 31.4 Å². The maximum atomic E-state index is 13.7. The fourth-order valence-electron chi connectivity index (χ4n) is 2.75. The first-order valence-corrected chi connectivity index (χ1v) is 9.01. The van der Waals surface area contributed by atoms with Crippen molar-refractivity contribution in [2.45, 2.75) is 25.3 Å². The van der Waals surface area contributed by atoms with E-state index in [9.17, 15) is 31.1 Å². The van der Waals surface area contributed by atoms with Crippen molar-refractivity contribution in [2.75, 3.05) is 0 Å². The number of halogens is 7. The Hall–Kier alpha value is -3.08. The molecule has 3 rings (SSSR count). The summed E-state index contributed by atoms with van der Waals surface area (Å²) in [5.41, 5.74) is -2.79. The number of aromatic nitrogens is 3. The number of hydrogen-bond donors (Lipinski definition) is 1. The first-order chi connectivity index (χ1) is 14.4. The molecule has 31 heavy (non-hydrogen) atoms. The molecular formula is C19H13ClF6N4O. The van der Waals surface area contributed by atoms with Gasteiger partial charge in [-0.05, 0) is 36.8 Å². The molecule has 0 aliphatic rings. The lowest BCUT2D eigenvalue weighted by molar-refractivity contribution is -0.143. The lowest BCUT2D eigenvalue weighted by Gasteiger charge is -2.16. The molecule has 2 heterocycles. The van der Waals surface area contributed by atoms with Crippen LogP contribution in [-0.2, 0) is 12.4 Å². The van der Waals surface area contributed by atoms with Crippen LogP contribution in [0.2, 0.25) is 5.02 Å². The minimum absolute atomic E-state index is 0.280. The number of amides is 1. The van der Waals surface area contributed by atoms with E-state index in [1.165, 1.54) is 0 Å². The number of nitrogens with one attached hydrogen (secondary N) is 1. The van der Waals surface area contributed by atoms with E-state index in [0.29, 0.717) is 29.0 Å². The third-order valence-corrected chi connectivity index (χ3v) is 4.54. The van der Waals surface area contributed by atoms with Crippen molar-refractivity contribution in [2.24, 2.45) is 0 Å². The number of alkyl halides is 6. The number of carbonyl (C=O) groups excluding carboxylic acids is 1. The quantitative estimate of drug-likeness (QED) is 0.525. The Morgan fingerprint density at radius 1 is 1.00 bits per heavy atom. The molecule has 1 N–H and O–H groups in total. The van der Waals surface area contributed by atoms with Gasteiger partial charge in [0.05, 0.1) is 23.4 Å². The zero-order valence-electron chi connectivity index (χ0n) is 15.6. The summed E-state index contributed by atoms with van der Waals surface area (Å²) in [5, 5.41) is 6.42. The van der Waals surface area contributed by atoms with E-state index in [0.717, 1.165) is 6.07 Å². The number of pyridine rings is 1. The van der Waals surface area contributed by atoms with E-state index in [-0.39, 0.29) is 4.68 Å². The molecule has 1 unspecified atom stereocenters. The molecule has 0 saturated heterocycles. The maximum absolute atomic E-state index is 13.7. The monoisotopic (exact) mass is 462 g/mol. The van der Waals surface area contributed by atoms with Crippen LogP contribution in [0, 0.1) is 0 Å². The molecule has 5 nitrogen and oxygen atoms in total. The van der Waals surface area contributed by atoms with Crippen molar-refractivity contribution >= 4 is 17.5 Å². The summed E-state index contributed by atoms with van der Waals surface area (Å²) < 4.78 is 79.4. The van der Waals surface area contributed by atoms with Crippen molar-refractivity contribution in [3.05, 3.63) is 76.2 Å². The zero-order valence-corrected chi connectivity index (χ0v) is 16.3. The van der Waals surface area contributed by atoms with Gasteiger partial charge in [0, 0.05) is 11.2 Å². The normalized spacial score (nSPS) is 13.2. The second-order valence-electron chi connectivity index (χ2n) is 6.47. The first kappa shape index (κ1) is 22.6. The molecule has 0 radical (unpaired) electrons. The molecule has 1 aromatic carbocycles. The SMILES string of the molecule is CC(NC(=O)c1cnn(-c2ccc(C(F)(F)F)cn2)c1C(F)(F)F)c1ccc(Cl)cc1. The summed E-state index contributed by atoms with van der Waals surface area (Å²) in [6, 6.07) is 7.00. The minimum Gasteiger partial charge on any atom is -0.345 e. The molecule has 164 valence electrons. The topological polar surface area (TPSA) is 59.8 Å². The molecule has 0 aliphatic heterocycles. The molecule has 1 amide bonds. The molecule has 3 aromatic rings. The smallest absolute Gasteiger partial charge is 0.345 e. The van der Waals surface area contributed by atoms with Gasteiger partial charge in [0.25, 0.3) is 5.91 Å². The predicted octanol–water partition coefficient (Wildman–Crippen LogP) is 5.45. The van der Waals surface area contributed by atoms with Crippen molar-refractivity contribution in [1.82, 2.24) is 20.1 Å². The fraction of sp³-hybridized carbons (Fsp3) is 0.211. The van der Waals surface area contributed by atoms with Crippen LogP contribution in [0.1, 0.15) is 40.1 Å². The lowest BCUT2D eigenvalue weighted by Crippen LogP contribution is -2.29. The van der Waals surface area contributed by atoms with Crippen LogP contribution in [-0.4, -0.2) is 20.7 Å². The van der Waals surface area contributed by atoms with Crippen LogP contribution in [0.3, 0.4) is 0 Å². The summed E-state index contributed by atoms with van der Waals surface area (Å²) in [6.45, 7) is 1.57. The van der Waals surface area contributed by atoms with Crippen LogP contribution >= 0.6 is 11.6 Å². The molecule has 0 aliphatic carbocycles. The number of rotatable bonds is 4. The van der Waals surface area contributed by atoms with Crippen LogP contribution in [0.25, 0.3) is 5.82 Å². The largest absolute Gasteiger partial charge is 0.434 e. The zero-order chi connectivity index (χ0) is 23.0. The van der Waals surface area contributed by atoms with E-state index in [4.69, 9.17) is 11.6 Å². The van der Waals surface area contributed by atoms with E-state index in [2.05, 4.69) is 15.4 Å². The fourth-order valence-corrected chi connectivity index (χ4v) is 2.88. The Morgan fingerprint density at radius 3 is 2.16 bits per heavy atom. The predicted molar refractivity (Wildman–Crippen MR) is 98.7 cm³/mol.